The molecule has 0 bridgehead atoms. The number of halogens is 2. The molecule has 1 heterocycles. The zero-order valence-corrected chi connectivity index (χ0v) is 13.4. The second-order valence-electron chi connectivity index (χ2n) is 3.73. The summed E-state index contributed by atoms with van der Waals surface area (Å²) in [5.74, 6) is 1.89. The van der Waals surface area contributed by atoms with Crippen LogP contribution in [0, 0.1) is 0 Å². The molecule has 0 radical (unpaired) electrons. The van der Waals surface area contributed by atoms with Crippen molar-refractivity contribution in [3.05, 3.63) is 45.0 Å². The van der Waals surface area contributed by atoms with E-state index < -0.39 is 0 Å². The number of aromatic nitrogens is 1. The summed E-state index contributed by atoms with van der Waals surface area (Å²) >= 11 is 6.85. The minimum absolute atomic E-state index is 0.463. The molecule has 0 aliphatic carbocycles. The fourth-order valence-corrected chi connectivity index (χ4v) is 2.34. The second-order valence-corrected chi connectivity index (χ2v) is 5.44. The van der Waals surface area contributed by atoms with Crippen LogP contribution in [0.3, 0.4) is 0 Å². The molecule has 0 saturated heterocycles. The maximum absolute atomic E-state index is 5.70. The maximum Gasteiger partial charge on any atom is 0.219 e. The molecule has 0 saturated carbocycles. The zero-order chi connectivity index (χ0) is 13.8. The molecule has 2 aromatic rings. The number of nitrogens with zero attached hydrogens (tertiary/aromatic N) is 1. The standard InChI is InChI=1S/C13H12Br2N2O2/c1-18-11-4-10(15)12(5-9(11)14)19-13-3-2-8(6-16)7-17-13/h2-5,7H,6,16H2,1H3. The van der Waals surface area contributed by atoms with Crippen molar-refractivity contribution in [3.8, 4) is 17.4 Å². The van der Waals surface area contributed by atoms with Crippen molar-refractivity contribution in [2.45, 2.75) is 6.54 Å². The van der Waals surface area contributed by atoms with Crippen LogP contribution in [0.25, 0.3) is 0 Å². The van der Waals surface area contributed by atoms with Gasteiger partial charge in [0.1, 0.15) is 11.5 Å². The average molecular weight is 388 g/mol. The average Bonchev–Trinajstić information content (AvgIpc) is 2.43. The minimum Gasteiger partial charge on any atom is -0.496 e. The van der Waals surface area contributed by atoms with E-state index in [0.29, 0.717) is 18.2 Å². The predicted octanol–water partition coefficient (Wildman–Crippen LogP) is 3.87. The first-order valence-corrected chi connectivity index (χ1v) is 7.08. The Kier molecular flexibility index (Phi) is 4.79. The summed E-state index contributed by atoms with van der Waals surface area (Å²) in [5.41, 5.74) is 6.48. The third kappa shape index (κ3) is 3.46. The van der Waals surface area contributed by atoms with E-state index in [-0.39, 0.29) is 0 Å². The molecule has 0 aliphatic heterocycles. The Morgan fingerprint density at radius 1 is 1.16 bits per heavy atom. The van der Waals surface area contributed by atoms with Gasteiger partial charge in [-0.3, -0.25) is 0 Å². The summed E-state index contributed by atoms with van der Waals surface area (Å²) in [4.78, 5) is 4.19. The van der Waals surface area contributed by atoms with Crippen molar-refractivity contribution >= 4 is 31.9 Å². The molecule has 0 aliphatic rings. The lowest BCUT2D eigenvalue weighted by Crippen LogP contribution is -1.97. The van der Waals surface area contributed by atoms with Crippen molar-refractivity contribution < 1.29 is 9.47 Å². The van der Waals surface area contributed by atoms with Gasteiger partial charge in [-0.2, -0.15) is 0 Å². The molecule has 1 aromatic carbocycles. The van der Waals surface area contributed by atoms with Gasteiger partial charge in [-0.1, -0.05) is 6.07 Å². The summed E-state index contributed by atoms with van der Waals surface area (Å²) in [7, 11) is 1.61. The summed E-state index contributed by atoms with van der Waals surface area (Å²) in [5, 5.41) is 0. The lowest BCUT2D eigenvalue weighted by Gasteiger charge is -2.10. The van der Waals surface area contributed by atoms with Gasteiger partial charge < -0.3 is 15.2 Å². The zero-order valence-electron chi connectivity index (χ0n) is 10.2. The number of hydrogen-bond acceptors (Lipinski definition) is 4. The van der Waals surface area contributed by atoms with Crippen LogP contribution in [0.4, 0.5) is 0 Å². The van der Waals surface area contributed by atoms with Gasteiger partial charge in [-0.05, 0) is 49.6 Å². The van der Waals surface area contributed by atoms with Crippen LogP contribution in [0.15, 0.2) is 39.4 Å². The number of hydrogen-bond donors (Lipinski definition) is 1. The summed E-state index contributed by atoms with van der Waals surface area (Å²) in [6.45, 7) is 0.463. The molecule has 0 atom stereocenters. The van der Waals surface area contributed by atoms with Gasteiger partial charge in [0.2, 0.25) is 5.88 Å². The third-order valence-electron chi connectivity index (χ3n) is 2.45. The van der Waals surface area contributed by atoms with Crippen LogP contribution in [-0.4, -0.2) is 12.1 Å². The van der Waals surface area contributed by atoms with Crippen LogP contribution >= 0.6 is 31.9 Å². The molecule has 0 unspecified atom stereocenters. The molecule has 2 N–H and O–H groups in total. The van der Waals surface area contributed by atoms with E-state index in [2.05, 4.69) is 36.8 Å². The van der Waals surface area contributed by atoms with E-state index in [9.17, 15) is 0 Å². The Labute approximate surface area is 128 Å². The Hall–Kier alpha value is -1.11. The van der Waals surface area contributed by atoms with Gasteiger partial charge in [0.25, 0.3) is 0 Å². The number of rotatable bonds is 4. The maximum atomic E-state index is 5.70. The second kappa shape index (κ2) is 6.36. The smallest absolute Gasteiger partial charge is 0.219 e. The number of nitrogens with two attached hydrogens (primary N) is 1. The molecule has 0 spiro atoms. The van der Waals surface area contributed by atoms with E-state index in [4.69, 9.17) is 15.2 Å². The van der Waals surface area contributed by atoms with E-state index in [1.165, 1.54) is 0 Å². The topological polar surface area (TPSA) is 57.4 Å². The van der Waals surface area contributed by atoms with E-state index >= 15 is 0 Å². The van der Waals surface area contributed by atoms with Crippen LogP contribution in [0.1, 0.15) is 5.56 Å². The number of pyridine rings is 1. The Bertz CT molecular complexity index is 574. The first-order chi connectivity index (χ1) is 9.13. The largest absolute Gasteiger partial charge is 0.496 e. The van der Waals surface area contributed by atoms with Gasteiger partial charge in [-0.15, -0.1) is 0 Å². The highest BCUT2D eigenvalue weighted by Crippen LogP contribution is 2.37. The normalized spacial score (nSPS) is 10.3. The highest BCUT2D eigenvalue weighted by Gasteiger charge is 2.09. The molecule has 6 heteroatoms. The van der Waals surface area contributed by atoms with Crippen LogP contribution in [0.5, 0.6) is 17.4 Å². The molecule has 0 amide bonds. The molecule has 100 valence electrons. The van der Waals surface area contributed by atoms with Gasteiger partial charge in [0, 0.05) is 18.8 Å². The van der Waals surface area contributed by atoms with Gasteiger partial charge in [-0.25, -0.2) is 4.98 Å². The Morgan fingerprint density at radius 3 is 2.42 bits per heavy atom. The highest BCUT2D eigenvalue weighted by atomic mass is 79.9. The summed E-state index contributed by atoms with van der Waals surface area (Å²) < 4.78 is 12.5. The van der Waals surface area contributed by atoms with E-state index in [1.54, 1.807) is 19.4 Å². The molecular formula is C13H12Br2N2O2. The number of ether oxygens (including phenoxy) is 2. The van der Waals surface area contributed by atoms with E-state index in [0.717, 1.165) is 20.3 Å². The fourth-order valence-electron chi connectivity index (χ4n) is 1.45. The monoisotopic (exact) mass is 386 g/mol. The minimum atomic E-state index is 0.463. The number of benzene rings is 1. The molecule has 1 aromatic heterocycles. The quantitative estimate of drug-likeness (QED) is 0.865. The molecule has 2 rings (SSSR count). The summed E-state index contributed by atoms with van der Waals surface area (Å²) in [6.07, 6.45) is 1.70. The van der Waals surface area contributed by atoms with Crippen LogP contribution in [-0.2, 0) is 6.54 Å². The van der Waals surface area contributed by atoms with Gasteiger partial charge >= 0.3 is 0 Å². The first-order valence-electron chi connectivity index (χ1n) is 5.50. The van der Waals surface area contributed by atoms with Crippen LogP contribution < -0.4 is 15.2 Å². The first kappa shape index (κ1) is 14.3. The van der Waals surface area contributed by atoms with E-state index in [1.807, 2.05) is 18.2 Å². The van der Waals surface area contributed by atoms with Crippen molar-refractivity contribution in [3.63, 3.8) is 0 Å². The Morgan fingerprint density at radius 2 is 1.84 bits per heavy atom. The van der Waals surface area contributed by atoms with Crippen LogP contribution in [0.2, 0.25) is 0 Å². The molecule has 19 heavy (non-hydrogen) atoms. The lowest BCUT2D eigenvalue weighted by molar-refractivity contribution is 0.408. The van der Waals surface area contributed by atoms with Crippen molar-refractivity contribution in [1.82, 2.24) is 4.98 Å². The van der Waals surface area contributed by atoms with Crippen molar-refractivity contribution in [2.75, 3.05) is 7.11 Å². The fraction of sp³-hybridized carbons (Fsp3) is 0.154. The molecular weight excluding hydrogens is 376 g/mol. The summed E-state index contributed by atoms with van der Waals surface area (Å²) in [6, 6.07) is 7.32. The Balaban J connectivity index is 2.25. The van der Waals surface area contributed by atoms with Gasteiger partial charge in [0.15, 0.2) is 0 Å². The molecule has 4 nitrogen and oxygen atoms in total. The van der Waals surface area contributed by atoms with Gasteiger partial charge in [0.05, 0.1) is 16.1 Å². The number of methoxy groups -OCH3 is 1. The lowest BCUT2D eigenvalue weighted by atomic mass is 10.3. The van der Waals surface area contributed by atoms with Crippen molar-refractivity contribution in [1.29, 1.82) is 0 Å². The predicted molar refractivity (Wildman–Crippen MR) is 80.6 cm³/mol. The molecule has 0 fully saturated rings. The van der Waals surface area contributed by atoms with Crippen molar-refractivity contribution in [2.24, 2.45) is 5.73 Å². The third-order valence-corrected chi connectivity index (χ3v) is 3.69. The SMILES string of the molecule is COc1cc(Br)c(Oc2ccc(CN)cn2)cc1Br. The highest BCUT2D eigenvalue weighted by molar-refractivity contribution is 9.11.